The van der Waals surface area contributed by atoms with Crippen molar-refractivity contribution in [3.05, 3.63) is 106 Å². The first-order valence-electron chi connectivity index (χ1n) is 17.9. The normalized spacial score (nSPS) is 23.3. The Labute approximate surface area is 279 Å². The van der Waals surface area contributed by atoms with Gasteiger partial charge in [0, 0.05) is 59.6 Å². The summed E-state index contributed by atoms with van der Waals surface area (Å²) < 4.78 is 16.7. The van der Waals surface area contributed by atoms with Crippen LogP contribution in [0.4, 0.5) is 4.39 Å². The lowest BCUT2D eigenvalue weighted by Gasteiger charge is -2.33. The Morgan fingerprint density at radius 3 is 2.64 bits per heavy atom. The van der Waals surface area contributed by atoms with Crippen molar-refractivity contribution in [1.29, 1.82) is 0 Å². The number of nitrogens with one attached hydrogen (secondary N) is 4. The number of hydrogen-bond acceptors (Lipinski definition) is 7. The van der Waals surface area contributed by atoms with Crippen molar-refractivity contribution in [3.8, 4) is 0 Å². The molecule has 7 rings (SSSR count). The van der Waals surface area contributed by atoms with E-state index in [1.165, 1.54) is 74.8 Å². The summed E-state index contributed by atoms with van der Waals surface area (Å²) in [6.07, 6.45) is 25.9. The second-order valence-electron chi connectivity index (χ2n) is 13.9. The van der Waals surface area contributed by atoms with Gasteiger partial charge in [-0.15, -0.1) is 0 Å². The fourth-order valence-corrected chi connectivity index (χ4v) is 7.71. The summed E-state index contributed by atoms with van der Waals surface area (Å²) in [5.41, 5.74) is 12.7. The van der Waals surface area contributed by atoms with E-state index < -0.39 is 0 Å². The van der Waals surface area contributed by atoms with Crippen LogP contribution >= 0.6 is 0 Å². The Morgan fingerprint density at radius 2 is 1.89 bits per heavy atom. The zero-order chi connectivity index (χ0) is 32.3. The van der Waals surface area contributed by atoms with Gasteiger partial charge in [-0.2, -0.15) is 5.10 Å². The third kappa shape index (κ3) is 6.89. The maximum absolute atomic E-state index is 16.7. The number of hydrogen-bond donors (Lipinski definition) is 4. The van der Waals surface area contributed by atoms with Gasteiger partial charge in [-0.1, -0.05) is 37.6 Å². The van der Waals surface area contributed by atoms with E-state index in [1.807, 2.05) is 26.0 Å². The van der Waals surface area contributed by atoms with E-state index in [9.17, 15) is 0 Å². The van der Waals surface area contributed by atoms with Crippen molar-refractivity contribution in [2.45, 2.75) is 84.2 Å². The molecular formula is C39H50FN7. The van der Waals surface area contributed by atoms with Gasteiger partial charge in [-0.05, 0) is 107 Å². The van der Waals surface area contributed by atoms with Crippen molar-refractivity contribution in [1.82, 2.24) is 31.3 Å². The topological polar surface area (TPSA) is 86.5 Å². The molecule has 1 aromatic rings. The molecule has 3 aliphatic carbocycles. The van der Waals surface area contributed by atoms with Gasteiger partial charge in [0.2, 0.25) is 0 Å². The maximum atomic E-state index is 16.7. The number of nitrogens with zero attached hydrogens (tertiary/aromatic N) is 3. The second-order valence-corrected chi connectivity index (χ2v) is 13.9. The molecule has 3 aliphatic heterocycles. The van der Waals surface area contributed by atoms with E-state index in [0.717, 1.165) is 54.5 Å². The molecule has 2 saturated heterocycles. The number of fused-ring (bicyclic) bond motifs is 2. The van der Waals surface area contributed by atoms with Crippen molar-refractivity contribution in [2.75, 3.05) is 26.2 Å². The number of rotatable bonds is 12. The SMILES string of the molecule is C=C(NC1=C(C2CC2)C(N2CCCCC2)=CC=C2NC21)C1=NNCc2cnc(C(/C=C(\C=C\C)CNCC3CCCC3)=C/C)c(F)c21. The van der Waals surface area contributed by atoms with Crippen molar-refractivity contribution >= 4 is 11.3 Å². The van der Waals surface area contributed by atoms with Gasteiger partial charge in [-0.25, -0.2) is 4.39 Å². The molecule has 1 aromatic heterocycles. The van der Waals surface area contributed by atoms with Crippen LogP contribution in [-0.4, -0.2) is 47.8 Å². The first-order chi connectivity index (χ1) is 23.1. The first-order valence-corrected chi connectivity index (χ1v) is 17.9. The smallest absolute Gasteiger partial charge is 0.159 e. The van der Waals surface area contributed by atoms with E-state index in [0.29, 0.717) is 35.1 Å². The average molecular weight is 636 g/mol. The lowest BCUT2D eigenvalue weighted by molar-refractivity contribution is 0.287. The molecule has 6 aliphatic rings. The van der Waals surface area contributed by atoms with Crippen LogP contribution in [0.25, 0.3) is 5.57 Å². The van der Waals surface area contributed by atoms with E-state index in [1.54, 1.807) is 6.20 Å². The molecule has 4 fully saturated rings. The zero-order valence-electron chi connectivity index (χ0n) is 28.1. The Bertz CT molecular complexity index is 1610. The van der Waals surface area contributed by atoms with E-state index in [2.05, 4.69) is 67.2 Å². The van der Waals surface area contributed by atoms with Gasteiger partial charge in [0.25, 0.3) is 0 Å². The number of hydrazone groups is 1. The Hall–Kier alpha value is -3.91. The highest BCUT2D eigenvalue weighted by molar-refractivity contribution is 6.13. The van der Waals surface area contributed by atoms with Crippen LogP contribution in [0.5, 0.6) is 0 Å². The van der Waals surface area contributed by atoms with Crippen LogP contribution in [0.2, 0.25) is 0 Å². The summed E-state index contributed by atoms with van der Waals surface area (Å²) in [5, 5.41) is 15.5. The molecule has 248 valence electrons. The lowest BCUT2D eigenvalue weighted by atomic mass is 9.96. The quantitative estimate of drug-likeness (QED) is 0.151. The molecule has 4 N–H and O–H groups in total. The minimum atomic E-state index is -0.356. The standard InChI is InChI=1S/C39H50FN7/c1-4-11-27(22-41-21-26-12-7-8-13-26)20-28(5-2)37-35(40)34-30(23-42-37)24-43-46-36(34)25(3)44-39-33(29-14-15-29)32(17-16-31-38(39)45-31)47-18-9-6-10-19-47/h4-5,11,16-17,20,23,26,29,38,41,43-45H,3,6-10,12-15,18-19,21-22,24H2,1-2H3/b11-4+,27-20+,28-5+. The second kappa shape index (κ2) is 14.1. The van der Waals surface area contributed by atoms with Gasteiger partial charge in [0.1, 0.15) is 17.4 Å². The highest BCUT2D eigenvalue weighted by Gasteiger charge is 2.42. The molecule has 8 heteroatoms. The summed E-state index contributed by atoms with van der Waals surface area (Å²) in [6.45, 7) is 12.8. The number of aromatic nitrogens is 1. The van der Waals surface area contributed by atoms with Crippen molar-refractivity contribution in [2.24, 2.45) is 16.9 Å². The fourth-order valence-electron chi connectivity index (χ4n) is 7.71. The molecule has 2 saturated carbocycles. The fraction of sp³-hybridized carbons (Fsp3) is 0.487. The molecule has 4 heterocycles. The molecule has 0 bridgehead atoms. The molecule has 47 heavy (non-hydrogen) atoms. The van der Waals surface area contributed by atoms with Crippen LogP contribution in [0, 0.1) is 17.7 Å². The van der Waals surface area contributed by atoms with Gasteiger partial charge < -0.3 is 26.3 Å². The predicted octanol–water partition coefficient (Wildman–Crippen LogP) is 6.72. The summed E-state index contributed by atoms with van der Waals surface area (Å²) in [7, 11) is 0. The lowest BCUT2D eigenvalue weighted by Crippen LogP contribution is -2.34. The van der Waals surface area contributed by atoms with Gasteiger partial charge >= 0.3 is 0 Å². The largest absolute Gasteiger partial charge is 0.373 e. The van der Waals surface area contributed by atoms with Crippen LogP contribution < -0.4 is 21.4 Å². The molecule has 0 radical (unpaired) electrons. The zero-order valence-corrected chi connectivity index (χ0v) is 28.1. The van der Waals surface area contributed by atoms with Crippen LogP contribution in [0.3, 0.4) is 0 Å². The van der Waals surface area contributed by atoms with Gasteiger partial charge in [-0.3, -0.25) is 4.98 Å². The van der Waals surface area contributed by atoms with Gasteiger partial charge in [0.15, 0.2) is 5.82 Å². The monoisotopic (exact) mass is 635 g/mol. The predicted molar refractivity (Wildman–Crippen MR) is 189 cm³/mol. The number of piperidine rings is 1. The summed E-state index contributed by atoms with van der Waals surface area (Å²) in [6, 6.07) is 0.127. The number of pyridine rings is 1. The molecule has 1 unspecified atom stereocenters. The van der Waals surface area contributed by atoms with E-state index in [4.69, 9.17) is 0 Å². The third-order valence-electron chi connectivity index (χ3n) is 10.4. The minimum absolute atomic E-state index is 0.127. The molecular weight excluding hydrogens is 585 g/mol. The molecule has 7 nitrogen and oxygen atoms in total. The van der Waals surface area contributed by atoms with E-state index >= 15 is 4.39 Å². The number of halogens is 1. The Morgan fingerprint density at radius 1 is 1.09 bits per heavy atom. The number of allylic oxidation sites excluding steroid dienone is 8. The summed E-state index contributed by atoms with van der Waals surface area (Å²) >= 11 is 0. The van der Waals surface area contributed by atoms with Crippen LogP contribution in [0.15, 0.2) is 88.3 Å². The molecule has 0 aromatic carbocycles. The van der Waals surface area contributed by atoms with Crippen LogP contribution in [0.1, 0.15) is 88.5 Å². The molecule has 1 atom stereocenters. The van der Waals surface area contributed by atoms with Crippen molar-refractivity contribution in [3.63, 3.8) is 0 Å². The Kier molecular flexibility index (Phi) is 9.48. The third-order valence-corrected chi connectivity index (χ3v) is 10.4. The van der Waals surface area contributed by atoms with Crippen LogP contribution in [-0.2, 0) is 6.54 Å². The molecule has 0 amide bonds. The number of likely N-dealkylation sites (tertiary alicyclic amines) is 1. The minimum Gasteiger partial charge on any atom is -0.373 e. The maximum Gasteiger partial charge on any atom is 0.159 e. The molecule has 0 spiro atoms. The average Bonchev–Trinajstić information content (AvgIpc) is 4.02. The van der Waals surface area contributed by atoms with E-state index in [-0.39, 0.29) is 11.9 Å². The van der Waals surface area contributed by atoms with Crippen molar-refractivity contribution < 1.29 is 4.39 Å². The highest BCUT2D eigenvalue weighted by atomic mass is 19.1. The highest BCUT2D eigenvalue weighted by Crippen LogP contribution is 2.46. The first kappa shape index (κ1) is 31.7. The Balaban J connectivity index is 1.16. The summed E-state index contributed by atoms with van der Waals surface area (Å²) in [5.74, 6) is 0.934. The summed E-state index contributed by atoms with van der Waals surface area (Å²) in [4.78, 5) is 7.21. The van der Waals surface area contributed by atoms with Gasteiger partial charge in [0.05, 0.1) is 12.2 Å².